The molecule has 0 aliphatic rings. The van der Waals surface area contributed by atoms with Gasteiger partial charge in [-0.1, -0.05) is 18.2 Å². The number of nitrogens with one attached hydrogen (secondary N) is 1. The fourth-order valence-electron chi connectivity index (χ4n) is 3.07. The lowest BCUT2D eigenvalue weighted by atomic mass is 10.0. The number of halogens is 2. The van der Waals surface area contributed by atoms with E-state index in [9.17, 15) is 13.6 Å². The summed E-state index contributed by atoms with van der Waals surface area (Å²) >= 11 is 0. The molecular weight excluding hydrogens is 362 g/mol. The predicted molar refractivity (Wildman–Crippen MR) is 103 cm³/mol. The van der Waals surface area contributed by atoms with E-state index in [2.05, 4.69) is 15.4 Å². The zero-order valence-electron chi connectivity index (χ0n) is 16.0. The van der Waals surface area contributed by atoms with E-state index in [4.69, 9.17) is 0 Å². The summed E-state index contributed by atoms with van der Waals surface area (Å²) in [5.41, 5.74) is 4.22. The van der Waals surface area contributed by atoms with Crippen molar-refractivity contribution < 1.29 is 13.6 Å². The van der Waals surface area contributed by atoms with Gasteiger partial charge in [-0.25, -0.2) is 4.68 Å². The van der Waals surface area contributed by atoms with Crippen molar-refractivity contribution in [2.45, 2.75) is 39.8 Å². The summed E-state index contributed by atoms with van der Waals surface area (Å²) in [5, 5.41) is 6.79. The summed E-state index contributed by atoms with van der Waals surface area (Å²) in [7, 11) is 0. The molecule has 0 bridgehead atoms. The Kier molecular flexibility index (Phi) is 5.82. The smallest absolute Gasteiger partial charge is 0.333 e. The van der Waals surface area contributed by atoms with Crippen molar-refractivity contribution in [1.29, 1.82) is 0 Å². The maximum Gasteiger partial charge on any atom is 0.333 e. The first kappa shape index (κ1) is 19.7. The van der Waals surface area contributed by atoms with E-state index < -0.39 is 6.55 Å². The van der Waals surface area contributed by atoms with E-state index in [0.29, 0.717) is 33.5 Å². The highest BCUT2D eigenvalue weighted by atomic mass is 19.3. The Labute approximate surface area is 162 Å². The lowest BCUT2D eigenvalue weighted by molar-refractivity contribution is 0.0563. The lowest BCUT2D eigenvalue weighted by Crippen LogP contribution is -2.34. The predicted octanol–water partition coefficient (Wildman–Crippen LogP) is 4.32. The molecule has 0 saturated carbocycles. The minimum atomic E-state index is -2.70. The molecule has 0 aliphatic heterocycles. The average molecular weight is 384 g/mol. The van der Waals surface area contributed by atoms with Crippen molar-refractivity contribution in [3.05, 3.63) is 71.3 Å². The van der Waals surface area contributed by atoms with Crippen LogP contribution in [-0.4, -0.2) is 26.7 Å². The third-order valence-electron chi connectivity index (χ3n) is 4.55. The van der Waals surface area contributed by atoms with Crippen molar-refractivity contribution in [1.82, 2.24) is 20.1 Å². The topological polar surface area (TPSA) is 59.8 Å². The van der Waals surface area contributed by atoms with Gasteiger partial charge in [0.15, 0.2) is 0 Å². The van der Waals surface area contributed by atoms with Gasteiger partial charge in [-0.2, -0.15) is 13.9 Å². The number of hydrogen-bond acceptors (Lipinski definition) is 3. The summed E-state index contributed by atoms with van der Waals surface area (Å²) in [6, 6.07) is 10.7. The van der Waals surface area contributed by atoms with Crippen molar-refractivity contribution in [2.24, 2.45) is 0 Å². The zero-order valence-corrected chi connectivity index (χ0v) is 16.0. The molecule has 3 rings (SSSR count). The standard InChI is InChI=1S/C21H22F2N4O/c1-13-6-5-9-24-19(13)10-14(2)25-20(28)17-8-4-7-16(11-17)18-12-27(21(22)23)26-15(18)3/h4-9,11-12,14,21H,10H2,1-3H3,(H,25,28)/t14-/m1/s1. The highest BCUT2D eigenvalue weighted by Crippen LogP contribution is 2.25. The van der Waals surface area contributed by atoms with Gasteiger partial charge >= 0.3 is 6.55 Å². The molecule has 28 heavy (non-hydrogen) atoms. The van der Waals surface area contributed by atoms with Gasteiger partial charge in [-0.05, 0) is 50.1 Å². The first-order valence-corrected chi connectivity index (χ1v) is 9.01. The maximum atomic E-state index is 12.9. The Morgan fingerprint density at radius 3 is 2.68 bits per heavy atom. The number of aromatic nitrogens is 3. The van der Waals surface area contributed by atoms with Crippen LogP contribution in [0.15, 0.2) is 48.8 Å². The minimum absolute atomic E-state index is 0.104. The van der Waals surface area contributed by atoms with Crippen molar-refractivity contribution in [3.8, 4) is 11.1 Å². The van der Waals surface area contributed by atoms with Crippen molar-refractivity contribution in [2.75, 3.05) is 0 Å². The molecule has 1 atom stereocenters. The van der Waals surface area contributed by atoms with Crippen LogP contribution in [0.5, 0.6) is 0 Å². The van der Waals surface area contributed by atoms with E-state index in [0.717, 1.165) is 11.3 Å². The molecule has 0 aliphatic carbocycles. The van der Waals surface area contributed by atoms with Crippen LogP contribution in [0.2, 0.25) is 0 Å². The Morgan fingerprint density at radius 1 is 1.21 bits per heavy atom. The Bertz CT molecular complexity index is 984. The highest BCUT2D eigenvalue weighted by molar-refractivity contribution is 5.95. The molecule has 2 aromatic heterocycles. The van der Waals surface area contributed by atoms with Gasteiger partial charge in [0, 0.05) is 41.7 Å². The van der Waals surface area contributed by atoms with Gasteiger partial charge in [-0.15, -0.1) is 0 Å². The molecule has 0 radical (unpaired) electrons. The second-order valence-electron chi connectivity index (χ2n) is 6.81. The zero-order chi connectivity index (χ0) is 20.3. The summed E-state index contributed by atoms with van der Waals surface area (Å²) in [6.45, 7) is 2.88. The molecule has 7 heteroatoms. The van der Waals surface area contributed by atoms with Gasteiger partial charge in [0.1, 0.15) is 0 Å². The van der Waals surface area contributed by atoms with Crippen molar-refractivity contribution >= 4 is 5.91 Å². The number of amides is 1. The SMILES string of the molecule is Cc1cccnc1C[C@@H](C)NC(=O)c1cccc(-c2cn(C(F)F)nc2C)c1. The molecule has 0 fully saturated rings. The summed E-state index contributed by atoms with van der Waals surface area (Å²) in [6.07, 6.45) is 3.66. The molecule has 1 amide bonds. The molecule has 1 aromatic carbocycles. The fraction of sp³-hybridized carbons (Fsp3) is 0.286. The van der Waals surface area contributed by atoms with E-state index in [1.165, 1.54) is 6.20 Å². The average Bonchev–Trinajstić information content (AvgIpc) is 3.06. The van der Waals surface area contributed by atoms with E-state index in [-0.39, 0.29) is 11.9 Å². The van der Waals surface area contributed by atoms with E-state index in [1.54, 1.807) is 37.4 Å². The molecule has 0 unspecified atom stereocenters. The number of pyridine rings is 1. The number of aryl methyl sites for hydroxylation is 2. The van der Waals surface area contributed by atoms with Gasteiger partial charge < -0.3 is 5.32 Å². The van der Waals surface area contributed by atoms with Crippen LogP contribution in [0.4, 0.5) is 8.78 Å². The highest BCUT2D eigenvalue weighted by Gasteiger charge is 2.16. The number of rotatable bonds is 6. The second kappa shape index (κ2) is 8.29. The molecule has 1 N–H and O–H groups in total. The number of carbonyl (C=O) groups is 1. The quantitative estimate of drug-likeness (QED) is 0.689. The van der Waals surface area contributed by atoms with Gasteiger partial charge in [0.05, 0.1) is 5.69 Å². The van der Waals surface area contributed by atoms with Crippen LogP contribution >= 0.6 is 0 Å². The van der Waals surface area contributed by atoms with Gasteiger partial charge in [-0.3, -0.25) is 9.78 Å². The molecule has 0 saturated heterocycles. The van der Waals surface area contributed by atoms with Crippen LogP contribution in [0, 0.1) is 13.8 Å². The lowest BCUT2D eigenvalue weighted by Gasteiger charge is -2.15. The molecule has 3 aromatic rings. The molecule has 5 nitrogen and oxygen atoms in total. The number of carbonyl (C=O) groups excluding carboxylic acids is 1. The van der Waals surface area contributed by atoms with Crippen LogP contribution in [0.1, 0.15) is 40.8 Å². The molecule has 0 spiro atoms. The number of nitrogens with zero attached hydrogens (tertiary/aromatic N) is 3. The normalized spacial score (nSPS) is 12.2. The van der Waals surface area contributed by atoms with Crippen LogP contribution in [-0.2, 0) is 6.42 Å². The second-order valence-corrected chi connectivity index (χ2v) is 6.81. The number of alkyl halides is 2. The van der Waals surface area contributed by atoms with E-state index in [1.807, 2.05) is 26.0 Å². The van der Waals surface area contributed by atoms with Crippen LogP contribution in [0.3, 0.4) is 0 Å². The minimum Gasteiger partial charge on any atom is -0.349 e. The first-order chi connectivity index (χ1) is 13.3. The monoisotopic (exact) mass is 384 g/mol. The third kappa shape index (κ3) is 4.42. The molecule has 146 valence electrons. The van der Waals surface area contributed by atoms with Crippen molar-refractivity contribution in [3.63, 3.8) is 0 Å². The third-order valence-corrected chi connectivity index (χ3v) is 4.55. The number of benzene rings is 1. The van der Waals surface area contributed by atoms with Crippen LogP contribution in [0.25, 0.3) is 11.1 Å². The summed E-state index contributed by atoms with van der Waals surface area (Å²) in [5.74, 6) is -0.221. The van der Waals surface area contributed by atoms with Gasteiger partial charge in [0.25, 0.3) is 5.91 Å². The Morgan fingerprint density at radius 2 is 2.00 bits per heavy atom. The molecule has 2 heterocycles. The Hall–Kier alpha value is -3.09. The van der Waals surface area contributed by atoms with Gasteiger partial charge in [0.2, 0.25) is 0 Å². The summed E-state index contributed by atoms with van der Waals surface area (Å²) in [4.78, 5) is 17.0. The van der Waals surface area contributed by atoms with Crippen LogP contribution < -0.4 is 5.32 Å². The first-order valence-electron chi connectivity index (χ1n) is 9.01. The fourth-order valence-corrected chi connectivity index (χ4v) is 3.07. The molecular formula is C21H22F2N4O. The maximum absolute atomic E-state index is 12.9. The number of hydrogen-bond donors (Lipinski definition) is 1. The summed E-state index contributed by atoms with van der Waals surface area (Å²) < 4.78 is 26.4. The largest absolute Gasteiger partial charge is 0.349 e. The Balaban J connectivity index is 1.74. The van der Waals surface area contributed by atoms with E-state index >= 15 is 0 Å².